The van der Waals surface area contributed by atoms with Crippen LogP contribution in [0.3, 0.4) is 0 Å². The molecule has 0 saturated carbocycles. The normalized spacial score (nSPS) is 16.4. The quantitative estimate of drug-likeness (QED) is 0.832. The molecule has 0 radical (unpaired) electrons. The maximum absolute atomic E-state index is 12.4. The third-order valence-electron chi connectivity index (χ3n) is 3.91. The van der Waals surface area contributed by atoms with E-state index in [1.807, 2.05) is 4.90 Å². The Kier molecular flexibility index (Phi) is 5.87. The van der Waals surface area contributed by atoms with Crippen LogP contribution in [0, 0.1) is 0 Å². The number of rotatable bonds is 5. The van der Waals surface area contributed by atoms with Gasteiger partial charge in [-0.15, -0.1) is 0 Å². The van der Waals surface area contributed by atoms with Crippen molar-refractivity contribution in [1.82, 2.24) is 9.80 Å². The molecule has 2 rings (SSSR count). The average molecular weight is 330 g/mol. The van der Waals surface area contributed by atoms with Crippen LogP contribution in [-0.4, -0.2) is 61.7 Å². The lowest BCUT2D eigenvalue weighted by atomic mass is 10.1. The number of methoxy groups -OCH3 is 1. The molecule has 0 N–H and O–H groups in total. The minimum absolute atomic E-state index is 0.0705. The summed E-state index contributed by atoms with van der Waals surface area (Å²) in [6.45, 7) is 2.69. The molecule has 1 aromatic carbocycles. The molecule has 0 spiro atoms. The second kappa shape index (κ2) is 7.68. The SMILES string of the molecule is COc1cccc(C(=O)N2CCN(CCCC(F)(F)F)CC2)c1. The van der Waals surface area contributed by atoms with Gasteiger partial charge in [0.1, 0.15) is 5.75 Å². The minimum Gasteiger partial charge on any atom is -0.497 e. The molecule has 0 bridgehead atoms. The summed E-state index contributed by atoms with van der Waals surface area (Å²) >= 11 is 0. The molecule has 1 fully saturated rings. The van der Waals surface area contributed by atoms with Gasteiger partial charge in [-0.1, -0.05) is 6.07 Å². The second-order valence-corrected chi connectivity index (χ2v) is 5.58. The number of halogens is 3. The van der Waals surface area contributed by atoms with Crippen LogP contribution in [0.5, 0.6) is 5.75 Å². The van der Waals surface area contributed by atoms with Gasteiger partial charge >= 0.3 is 6.18 Å². The zero-order valence-corrected chi connectivity index (χ0v) is 13.1. The number of nitrogens with zero attached hydrogens (tertiary/aromatic N) is 2. The van der Waals surface area contributed by atoms with E-state index in [1.54, 1.807) is 36.3 Å². The second-order valence-electron chi connectivity index (χ2n) is 5.58. The lowest BCUT2D eigenvalue weighted by molar-refractivity contribution is -0.136. The maximum atomic E-state index is 12.4. The Balaban J connectivity index is 1.80. The average Bonchev–Trinajstić information content (AvgIpc) is 2.54. The van der Waals surface area contributed by atoms with Crippen LogP contribution in [0.15, 0.2) is 24.3 Å². The number of ether oxygens (including phenoxy) is 1. The Morgan fingerprint density at radius 1 is 1.22 bits per heavy atom. The number of hydrogen-bond acceptors (Lipinski definition) is 3. The third kappa shape index (κ3) is 5.42. The summed E-state index contributed by atoms with van der Waals surface area (Å²) in [7, 11) is 1.54. The number of amides is 1. The maximum Gasteiger partial charge on any atom is 0.389 e. The van der Waals surface area contributed by atoms with E-state index in [2.05, 4.69) is 0 Å². The van der Waals surface area contributed by atoms with E-state index in [0.29, 0.717) is 44.0 Å². The van der Waals surface area contributed by atoms with Gasteiger partial charge in [-0.3, -0.25) is 9.69 Å². The van der Waals surface area contributed by atoms with Crippen LogP contribution in [0.4, 0.5) is 13.2 Å². The number of piperazine rings is 1. The van der Waals surface area contributed by atoms with E-state index >= 15 is 0 Å². The van der Waals surface area contributed by atoms with Crippen molar-refractivity contribution in [2.45, 2.75) is 19.0 Å². The molecule has 1 aliphatic heterocycles. The molecule has 23 heavy (non-hydrogen) atoms. The highest BCUT2D eigenvalue weighted by molar-refractivity contribution is 5.94. The summed E-state index contributed by atoms with van der Waals surface area (Å²) in [5.41, 5.74) is 0.565. The predicted molar refractivity (Wildman–Crippen MR) is 80.6 cm³/mol. The molecule has 1 amide bonds. The van der Waals surface area contributed by atoms with E-state index in [9.17, 15) is 18.0 Å². The summed E-state index contributed by atoms with van der Waals surface area (Å²) in [6, 6.07) is 6.97. The fourth-order valence-electron chi connectivity index (χ4n) is 2.62. The third-order valence-corrected chi connectivity index (χ3v) is 3.91. The highest BCUT2D eigenvalue weighted by atomic mass is 19.4. The van der Waals surface area contributed by atoms with E-state index in [0.717, 1.165) is 0 Å². The van der Waals surface area contributed by atoms with Crippen LogP contribution < -0.4 is 4.74 Å². The molecule has 4 nitrogen and oxygen atoms in total. The Morgan fingerprint density at radius 2 is 1.91 bits per heavy atom. The summed E-state index contributed by atoms with van der Waals surface area (Å²) < 4.78 is 41.5. The highest BCUT2D eigenvalue weighted by Crippen LogP contribution is 2.21. The molecule has 1 heterocycles. The lowest BCUT2D eigenvalue weighted by Gasteiger charge is -2.34. The van der Waals surface area contributed by atoms with Crippen molar-refractivity contribution in [1.29, 1.82) is 0 Å². The number of alkyl halides is 3. The number of carbonyl (C=O) groups excluding carboxylic acids is 1. The van der Waals surface area contributed by atoms with Crippen LogP contribution >= 0.6 is 0 Å². The topological polar surface area (TPSA) is 32.8 Å². The molecule has 7 heteroatoms. The van der Waals surface area contributed by atoms with Crippen molar-refractivity contribution in [3.63, 3.8) is 0 Å². The fraction of sp³-hybridized carbons (Fsp3) is 0.562. The summed E-state index contributed by atoms with van der Waals surface area (Å²) in [5, 5.41) is 0. The molecule has 0 atom stereocenters. The Bertz CT molecular complexity index is 526. The zero-order chi connectivity index (χ0) is 16.9. The molecule has 128 valence electrons. The number of carbonyl (C=O) groups is 1. The first-order valence-corrected chi connectivity index (χ1v) is 7.61. The van der Waals surface area contributed by atoms with Gasteiger partial charge in [0.15, 0.2) is 0 Å². The molecule has 1 aromatic rings. The first-order chi connectivity index (χ1) is 10.9. The van der Waals surface area contributed by atoms with Crippen molar-refractivity contribution in [2.24, 2.45) is 0 Å². The van der Waals surface area contributed by atoms with E-state index < -0.39 is 12.6 Å². The lowest BCUT2D eigenvalue weighted by Crippen LogP contribution is -2.48. The minimum atomic E-state index is -4.09. The van der Waals surface area contributed by atoms with Crippen LogP contribution in [0.1, 0.15) is 23.2 Å². The summed E-state index contributed by atoms with van der Waals surface area (Å²) in [6.07, 6.45) is -4.74. The van der Waals surface area contributed by atoms with Crippen molar-refractivity contribution in [3.8, 4) is 5.75 Å². The van der Waals surface area contributed by atoms with Crippen LogP contribution in [-0.2, 0) is 0 Å². The van der Waals surface area contributed by atoms with Crippen molar-refractivity contribution >= 4 is 5.91 Å². The highest BCUT2D eigenvalue weighted by Gasteiger charge is 2.27. The number of benzene rings is 1. The van der Waals surface area contributed by atoms with Gasteiger partial charge in [-0.2, -0.15) is 13.2 Å². The molecule has 0 unspecified atom stereocenters. The Morgan fingerprint density at radius 3 is 2.52 bits per heavy atom. The van der Waals surface area contributed by atoms with Gasteiger partial charge in [0.25, 0.3) is 5.91 Å². The van der Waals surface area contributed by atoms with Crippen LogP contribution in [0.25, 0.3) is 0 Å². The molecule has 1 aliphatic rings. The van der Waals surface area contributed by atoms with Gasteiger partial charge in [0.05, 0.1) is 7.11 Å². The van der Waals surface area contributed by atoms with Crippen LogP contribution in [0.2, 0.25) is 0 Å². The smallest absolute Gasteiger partial charge is 0.389 e. The van der Waals surface area contributed by atoms with Gasteiger partial charge < -0.3 is 9.64 Å². The first-order valence-electron chi connectivity index (χ1n) is 7.61. The molecular formula is C16H21F3N2O2. The Labute approximate surface area is 133 Å². The summed E-state index contributed by atoms with van der Waals surface area (Å²) in [5.74, 6) is 0.556. The standard InChI is InChI=1S/C16H21F3N2O2/c1-23-14-5-2-4-13(12-14)15(22)21-10-8-20(9-11-21)7-3-6-16(17,18)19/h2,4-5,12H,3,6-11H2,1H3. The van der Waals surface area contributed by atoms with Gasteiger partial charge in [0.2, 0.25) is 0 Å². The van der Waals surface area contributed by atoms with Gasteiger partial charge in [-0.05, 0) is 31.2 Å². The van der Waals surface area contributed by atoms with E-state index in [1.165, 1.54) is 0 Å². The fourth-order valence-corrected chi connectivity index (χ4v) is 2.62. The molecular weight excluding hydrogens is 309 g/mol. The predicted octanol–water partition coefficient (Wildman–Crippen LogP) is 2.80. The first kappa shape index (κ1) is 17.6. The molecule has 0 aliphatic carbocycles. The monoisotopic (exact) mass is 330 g/mol. The van der Waals surface area contributed by atoms with Crippen molar-refractivity contribution in [3.05, 3.63) is 29.8 Å². The Hall–Kier alpha value is -1.76. The van der Waals surface area contributed by atoms with Gasteiger partial charge in [0, 0.05) is 38.2 Å². The van der Waals surface area contributed by atoms with E-state index in [-0.39, 0.29) is 12.3 Å². The van der Waals surface area contributed by atoms with Gasteiger partial charge in [-0.25, -0.2) is 0 Å². The largest absolute Gasteiger partial charge is 0.497 e. The molecule has 0 aromatic heterocycles. The number of hydrogen-bond donors (Lipinski definition) is 0. The van der Waals surface area contributed by atoms with E-state index in [4.69, 9.17) is 4.74 Å². The molecule has 1 saturated heterocycles. The van der Waals surface area contributed by atoms with Crippen molar-refractivity contribution in [2.75, 3.05) is 39.8 Å². The summed E-state index contributed by atoms with van der Waals surface area (Å²) in [4.78, 5) is 16.1. The zero-order valence-electron chi connectivity index (χ0n) is 13.1. The van der Waals surface area contributed by atoms with Crippen molar-refractivity contribution < 1.29 is 22.7 Å².